The van der Waals surface area contributed by atoms with Gasteiger partial charge in [-0.25, -0.2) is 0 Å². The molecule has 2 atom stereocenters. The lowest BCUT2D eigenvalue weighted by Gasteiger charge is -2.15. The van der Waals surface area contributed by atoms with Crippen molar-refractivity contribution in [1.29, 1.82) is 0 Å². The van der Waals surface area contributed by atoms with Gasteiger partial charge in [0.1, 0.15) is 6.10 Å². The molecule has 82 valence electrons. The third-order valence-corrected chi connectivity index (χ3v) is 1.99. The van der Waals surface area contributed by atoms with Crippen molar-refractivity contribution in [3.05, 3.63) is 29.6 Å². The van der Waals surface area contributed by atoms with Gasteiger partial charge in [-0.3, -0.25) is 9.78 Å². The van der Waals surface area contributed by atoms with Gasteiger partial charge in [-0.15, -0.1) is 0 Å². The number of carboxylic acids is 1. The Morgan fingerprint density at radius 3 is 2.73 bits per heavy atom. The maximum absolute atomic E-state index is 10.3. The first-order chi connectivity index (χ1) is 7.00. The van der Waals surface area contributed by atoms with E-state index in [4.69, 9.17) is 5.11 Å². The smallest absolute Gasteiger partial charge is 0.306 e. The zero-order valence-electron chi connectivity index (χ0n) is 8.29. The molecule has 15 heavy (non-hydrogen) atoms. The van der Waals surface area contributed by atoms with Crippen LogP contribution in [0.2, 0.25) is 0 Å². The van der Waals surface area contributed by atoms with Crippen LogP contribution in [0.3, 0.4) is 0 Å². The molecule has 0 fully saturated rings. The molecule has 1 aromatic rings. The summed E-state index contributed by atoms with van der Waals surface area (Å²) in [5.41, 5.74) is 1.17. The van der Waals surface area contributed by atoms with Crippen molar-refractivity contribution < 1.29 is 20.1 Å². The van der Waals surface area contributed by atoms with Crippen LogP contribution in [0.5, 0.6) is 0 Å². The predicted octanol–water partition coefficient (Wildman–Crippen LogP) is 0.259. The van der Waals surface area contributed by atoms with E-state index in [0.717, 1.165) is 5.56 Å². The molecule has 0 saturated carbocycles. The number of carbonyl (C=O) groups is 1. The lowest BCUT2D eigenvalue weighted by Crippen LogP contribution is -2.22. The lowest BCUT2D eigenvalue weighted by molar-refractivity contribution is -0.141. The molecule has 2 unspecified atom stereocenters. The average molecular weight is 211 g/mol. The second-order valence-corrected chi connectivity index (χ2v) is 3.37. The number of aryl methyl sites for hydroxylation is 1. The number of hydrogen-bond donors (Lipinski definition) is 3. The molecule has 0 aliphatic carbocycles. The van der Waals surface area contributed by atoms with Gasteiger partial charge in [-0.2, -0.15) is 0 Å². The van der Waals surface area contributed by atoms with E-state index in [1.807, 2.05) is 6.92 Å². The second kappa shape index (κ2) is 4.86. The predicted molar refractivity (Wildman–Crippen MR) is 52.2 cm³/mol. The Kier molecular flexibility index (Phi) is 3.76. The number of aliphatic carboxylic acids is 1. The summed E-state index contributed by atoms with van der Waals surface area (Å²) in [7, 11) is 0. The number of hydrogen-bond acceptors (Lipinski definition) is 4. The van der Waals surface area contributed by atoms with Crippen LogP contribution in [0.25, 0.3) is 0 Å². The molecule has 1 rings (SSSR count). The van der Waals surface area contributed by atoms with Gasteiger partial charge in [0.2, 0.25) is 0 Å². The summed E-state index contributed by atoms with van der Waals surface area (Å²) >= 11 is 0. The van der Waals surface area contributed by atoms with Gasteiger partial charge in [0.15, 0.2) is 0 Å². The Labute approximate surface area is 87.0 Å². The van der Waals surface area contributed by atoms with E-state index in [9.17, 15) is 15.0 Å². The monoisotopic (exact) mass is 211 g/mol. The molecule has 0 saturated heterocycles. The number of nitrogens with zero attached hydrogens (tertiary/aromatic N) is 1. The molecule has 0 aliphatic rings. The minimum Gasteiger partial charge on any atom is -0.481 e. The van der Waals surface area contributed by atoms with Crippen molar-refractivity contribution in [2.75, 3.05) is 0 Å². The molecule has 1 aromatic heterocycles. The Hall–Kier alpha value is -1.46. The highest BCUT2D eigenvalue weighted by molar-refractivity contribution is 5.67. The highest BCUT2D eigenvalue weighted by Crippen LogP contribution is 2.17. The lowest BCUT2D eigenvalue weighted by atomic mass is 10.1. The van der Waals surface area contributed by atoms with E-state index < -0.39 is 24.6 Å². The molecule has 0 aromatic carbocycles. The highest BCUT2D eigenvalue weighted by Gasteiger charge is 2.22. The Bertz CT molecular complexity index is 353. The summed E-state index contributed by atoms with van der Waals surface area (Å²) < 4.78 is 0. The highest BCUT2D eigenvalue weighted by atomic mass is 16.4. The molecule has 0 spiro atoms. The third-order valence-electron chi connectivity index (χ3n) is 1.99. The SMILES string of the molecule is Cc1ccnc(C(O)C(O)CC(=O)O)c1. The van der Waals surface area contributed by atoms with Crippen LogP contribution in [0.15, 0.2) is 18.3 Å². The molecular formula is C10H13NO4. The van der Waals surface area contributed by atoms with Gasteiger partial charge in [0, 0.05) is 6.20 Å². The van der Waals surface area contributed by atoms with Gasteiger partial charge in [0.25, 0.3) is 0 Å². The van der Waals surface area contributed by atoms with Crippen LogP contribution in [-0.4, -0.2) is 32.4 Å². The van der Waals surface area contributed by atoms with E-state index in [1.165, 1.54) is 6.20 Å². The minimum atomic E-state index is -1.34. The third kappa shape index (κ3) is 3.30. The van der Waals surface area contributed by atoms with Gasteiger partial charge >= 0.3 is 5.97 Å². The Morgan fingerprint density at radius 2 is 2.20 bits per heavy atom. The van der Waals surface area contributed by atoms with Gasteiger partial charge < -0.3 is 15.3 Å². The zero-order chi connectivity index (χ0) is 11.4. The maximum atomic E-state index is 10.3. The first-order valence-corrected chi connectivity index (χ1v) is 4.51. The van der Waals surface area contributed by atoms with Crippen LogP contribution in [0.4, 0.5) is 0 Å². The van der Waals surface area contributed by atoms with Crippen LogP contribution in [-0.2, 0) is 4.79 Å². The number of carboxylic acid groups (broad SMARTS) is 1. The summed E-state index contributed by atoms with van der Waals surface area (Å²) in [6, 6.07) is 3.36. The van der Waals surface area contributed by atoms with E-state index >= 15 is 0 Å². The van der Waals surface area contributed by atoms with E-state index in [0.29, 0.717) is 0 Å². The summed E-state index contributed by atoms with van der Waals surface area (Å²) in [5, 5.41) is 27.4. The molecule has 5 nitrogen and oxygen atoms in total. The van der Waals surface area contributed by atoms with Gasteiger partial charge in [-0.1, -0.05) is 0 Å². The maximum Gasteiger partial charge on any atom is 0.306 e. The second-order valence-electron chi connectivity index (χ2n) is 3.37. The number of aliphatic hydroxyl groups is 2. The number of aliphatic hydroxyl groups excluding tert-OH is 2. The normalized spacial score (nSPS) is 14.6. The van der Waals surface area contributed by atoms with Crippen LogP contribution in [0.1, 0.15) is 23.8 Å². The van der Waals surface area contributed by atoms with Crippen molar-refractivity contribution in [2.45, 2.75) is 25.6 Å². The van der Waals surface area contributed by atoms with Crippen LogP contribution in [0, 0.1) is 6.92 Å². The van der Waals surface area contributed by atoms with Crippen molar-refractivity contribution >= 4 is 5.97 Å². The van der Waals surface area contributed by atoms with Crippen LogP contribution < -0.4 is 0 Å². The quantitative estimate of drug-likeness (QED) is 0.664. The average Bonchev–Trinajstić information content (AvgIpc) is 2.15. The van der Waals surface area contributed by atoms with Crippen LogP contribution >= 0.6 is 0 Å². The van der Waals surface area contributed by atoms with E-state index in [1.54, 1.807) is 12.1 Å². The molecule has 0 aliphatic heterocycles. The fourth-order valence-corrected chi connectivity index (χ4v) is 1.21. The molecule has 0 radical (unpaired) electrons. The van der Waals surface area contributed by atoms with E-state index in [-0.39, 0.29) is 5.69 Å². The molecule has 5 heteroatoms. The molecule has 1 heterocycles. The fourth-order valence-electron chi connectivity index (χ4n) is 1.21. The first-order valence-electron chi connectivity index (χ1n) is 4.51. The van der Waals surface area contributed by atoms with Gasteiger partial charge in [-0.05, 0) is 24.6 Å². The topological polar surface area (TPSA) is 90.7 Å². The molecule has 0 amide bonds. The largest absolute Gasteiger partial charge is 0.481 e. The first kappa shape index (κ1) is 11.6. The van der Waals surface area contributed by atoms with Crippen molar-refractivity contribution in [3.63, 3.8) is 0 Å². The van der Waals surface area contributed by atoms with Crippen molar-refractivity contribution in [1.82, 2.24) is 4.98 Å². The summed E-state index contributed by atoms with van der Waals surface area (Å²) in [6.07, 6.45) is -1.60. The minimum absolute atomic E-state index is 0.281. The Balaban J connectivity index is 2.75. The molecule has 3 N–H and O–H groups in total. The summed E-state index contributed by atoms with van der Waals surface area (Å²) in [6.45, 7) is 1.82. The van der Waals surface area contributed by atoms with Gasteiger partial charge in [0.05, 0.1) is 18.2 Å². The Morgan fingerprint density at radius 1 is 1.53 bits per heavy atom. The van der Waals surface area contributed by atoms with E-state index in [2.05, 4.69) is 4.98 Å². The number of pyridine rings is 1. The van der Waals surface area contributed by atoms with Crippen molar-refractivity contribution in [2.24, 2.45) is 0 Å². The zero-order valence-corrected chi connectivity index (χ0v) is 8.29. The molecular weight excluding hydrogens is 198 g/mol. The standard InChI is InChI=1S/C10H13NO4/c1-6-2-3-11-7(4-6)10(15)8(12)5-9(13)14/h2-4,8,10,12,15H,5H2,1H3,(H,13,14). The fraction of sp³-hybridized carbons (Fsp3) is 0.400. The molecule has 0 bridgehead atoms. The summed E-state index contributed by atoms with van der Waals surface area (Å²) in [4.78, 5) is 14.2. The summed E-state index contributed by atoms with van der Waals surface area (Å²) in [5.74, 6) is -1.16. The van der Waals surface area contributed by atoms with Crippen molar-refractivity contribution in [3.8, 4) is 0 Å². The number of aromatic nitrogens is 1. The number of rotatable bonds is 4.